The normalized spacial score (nSPS) is 14.0. The van der Waals surface area contributed by atoms with Gasteiger partial charge in [0.1, 0.15) is 0 Å². The van der Waals surface area contributed by atoms with Gasteiger partial charge in [0.05, 0.1) is 0 Å². The zero-order chi connectivity index (χ0) is 21.9. The Kier molecular flexibility index (Phi) is 11.5. The fraction of sp³-hybridized carbons (Fsp3) is 0.440. The molecule has 0 atom stereocenters. The lowest BCUT2D eigenvalue weighted by atomic mass is 10.1. The maximum atomic E-state index is 11.8. The van der Waals surface area contributed by atoms with Gasteiger partial charge in [0.2, 0.25) is 5.91 Å². The number of hydrogen-bond acceptors (Lipinski definition) is 3. The van der Waals surface area contributed by atoms with Crippen molar-refractivity contribution < 1.29 is 4.79 Å². The maximum Gasteiger partial charge on any atom is 0.224 e. The molecule has 0 saturated carbocycles. The van der Waals surface area contributed by atoms with Crippen molar-refractivity contribution >= 4 is 41.5 Å². The number of nitrogens with one attached hydrogen (secondary N) is 3. The van der Waals surface area contributed by atoms with Gasteiger partial charge in [-0.15, -0.1) is 24.0 Å². The van der Waals surface area contributed by atoms with Crippen molar-refractivity contribution in [3.8, 4) is 0 Å². The van der Waals surface area contributed by atoms with E-state index in [1.165, 1.54) is 37.1 Å². The minimum Gasteiger partial charge on any atom is -0.352 e. The van der Waals surface area contributed by atoms with E-state index in [4.69, 9.17) is 0 Å². The molecule has 3 rings (SSSR count). The summed E-state index contributed by atoms with van der Waals surface area (Å²) in [4.78, 5) is 18.6. The van der Waals surface area contributed by atoms with E-state index in [9.17, 15) is 4.79 Å². The standard InChI is InChI=1S/C25H35N5O.HI/c1-3-7-24(31)29-23-9-6-8-22(16-23)18-28-25(26-2)27-17-20-10-12-21(13-11-20)19-30-14-4-5-15-30;/h6,8-13,16H,3-5,7,14-15,17-19H2,1-2H3,(H,29,31)(H2,26,27,28);1H. The summed E-state index contributed by atoms with van der Waals surface area (Å²) < 4.78 is 0. The number of likely N-dealkylation sites (tertiary alicyclic amines) is 1. The molecule has 3 N–H and O–H groups in total. The minimum absolute atomic E-state index is 0. The highest BCUT2D eigenvalue weighted by atomic mass is 127. The molecule has 1 saturated heterocycles. The number of carbonyl (C=O) groups is 1. The first-order valence-electron chi connectivity index (χ1n) is 11.3. The summed E-state index contributed by atoms with van der Waals surface area (Å²) in [6.07, 6.45) is 4.03. The van der Waals surface area contributed by atoms with Gasteiger partial charge < -0.3 is 16.0 Å². The molecule has 0 aliphatic carbocycles. The van der Waals surface area contributed by atoms with E-state index in [0.717, 1.165) is 36.7 Å². The molecule has 1 fully saturated rings. The van der Waals surface area contributed by atoms with Crippen LogP contribution in [-0.4, -0.2) is 36.9 Å². The highest BCUT2D eigenvalue weighted by molar-refractivity contribution is 14.0. The molecule has 0 radical (unpaired) electrons. The number of aliphatic imine (C=N–C) groups is 1. The van der Waals surface area contributed by atoms with Gasteiger partial charge in [0.25, 0.3) is 0 Å². The smallest absolute Gasteiger partial charge is 0.224 e. The van der Waals surface area contributed by atoms with Crippen molar-refractivity contribution in [2.45, 2.75) is 52.2 Å². The zero-order valence-electron chi connectivity index (χ0n) is 19.2. The number of benzene rings is 2. The Balaban J connectivity index is 0.00000363. The van der Waals surface area contributed by atoms with Crippen molar-refractivity contribution in [3.05, 3.63) is 65.2 Å². The van der Waals surface area contributed by atoms with Gasteiger partial charge in [-0.2, -0.15) is 0 Å². The molecule has 0 aromatic heterocycles. The molecule has 1 heterocycles. The maximum absolute atomic E-state index is 11.8. The zero-order valence-corrected chi connectivity index (χ0v) is 21.5. The third-order valence-electron chi connectivity index (χ3n) is 5.46. The Morgan fingerprint density at radius 1 is 0.969 bits per heavy atom. The van der Waals surface area contributed by atoms with Crippen LogP contribution in [0.1, 0.15) is 49.3 Å². The van der Waals surface area contributed by atoms with Crippen LogP contribution >= 0.6 is 24.0 Å². The van der Waals surface area contributed by atoms with Crippen molar-refractivity contribution in [3.63, 3.8) is 0 Å². The quantitative estimate of drug-likeness (QED) is 0.245. The third kappa shape index (κ3) is 8.78. The molecule has 0 bridgehead atoms. The molecule has 7 heteroatoms. The van der Waals surface area contributed by atoms with Crippen molar-refractivity contribution in [2.75, 3.05) is 25.5 Å². The second-order valence-corrected chi connectivity index (χ2v) is 8.08. The number of carbonyl (C=O) groups excluding carboxylic acids is 1. The predicted octanol–water partition coefficient (Wildman–Crippen LogP) is 4.50. The van der Waals surface area contributed by atoms with E-state index in [-0.39, 0.29) is 29.9 Å². The van der Waals surface area contributed by atoms with Crippen LogP contribution in [0.15, 0.2) is 53.5 Å². The van der Waals surface area contributed by atoms with Gasteiger partial charge in [-0.3, -0.25) is 14.7 Å². The number of nitrogens with zero attached hydrogens (tertiary/aromatic N) is 2. The molecule has 6 nitrogen and oxygen atoms in total. The summed E-state index contributed by atoms with van der Waals surface area (Å²) in [6, 6.07) is 16.7. The molecule has 32 heavy (non-hydrogen) atoms. The second kappa shape index (κ2) is 14.1. The third-order valence-corrected chi connectivity index (χ3v) is 5.46. The highest BCUT2D eigenvalue weighted by Crippen LogP contribution is 2.14. The van der Waals surface area contributed by atoms with E-state index >= 15 is 0 Å². The van der Waals surface area contributed by atoms with Gasteiger partial charge in [0, 0.05) is 38.8 Å². The summed E-state index contributed by atoms with van der Waals surface area (Å²) in [5.41, 5.74) is 4.52. The van der Waals surface area contributed by atoms with Crippen LogP contribution in [-0.2, 0) is 24.4 Å². The molecule has 2 aromatic rings. The fourth-order valence-electron chi connectivity index (χ4n) is 3.76. The Labute approximate surface area is 209 Å². The summed E-state index contributed by atoms with van der Waals surface area (Å²) in [6.45, 7) is 6.84. The van der Waals surface area contributed by atoms with Crippen molar-refractivity contribution in [2.24, 2.45) is 4.99 Å². The van der Waals surface area contributed by atoms with E-state index in [1.807, 2.05) is 31.2 Å². The SMILES string of the molecule is CCCC(=O)Nc1cccc(CNC(=NC)NCc2ccc(CN3CCCC3)cc2)c1.I. The summed E-state index contributed by atoms with van der Waals surface area (Å²) in [5.74, 6) is 0.804. The number of guanidine groups is 1. The van der Waals surface area contributed by atoms with Gasteiger partial charge in [0.15, 0.2) is 5.96 Å². The number of anilines is 1. The molecular weight excluding hydrogens is 513 g/mol. The lowest BCUT2D eigenvalue weighted by Crippen LogP contribution is -2.36. The minimum atomic E-state index is 0. The average Bonchev–Trinajstić information content (AvgIpc) is 3.28. The lowest BCUT2D eigenvalue weighted by molar-refractivity contribution is -0.116. The Bertz CT molecular complexity index is 863. The number of amides is 1. The van der Waals surface area contributed by atoms with E-state index in [2.05, 4.69) is 50.1 Å². The van der Waals surface area contributed by atoms with Gasteiger partial charge in [-0.05, 0) is 61.2 Å². The largest absolute Gasteiger partial charge is 0.352 e. The van der Waals surface area contributed by atoms with E-state index < -0.39 is 0 Å². The first-order valence-corrected chi connectivity index (χ1v) is 11.3. The first-order chi connectivity index (χ1) is 15.2. The van der Waals surface area contributed by atoms with Crippen LogP contribution in [0, 0.1) is 0 Å². The molecule has 2 aromatic carbocycles. The summed E-state index contributed by atoms with van der Waals surface area (Å²) >= 11 is 0. The number of rotatable bonds is 9. The monoisotopic (exact) mass is 549 g/mol. The van der Waals surface area contributed by atoms with Crippen LogP contribution < -0.4 is 16.0 Å². The summed E-state index contributed by atoms with van der Waals surface area (Å²) in [7, 11) is 1.77. The first kappa shape index (κ1) is 26.1. The fourth-order valence-corrected chi connectivity index (χ4v) is 3.76. The molecule has 1 aliphatic rings. The van der Waals surface area contributed by atoms with Crippen LogP contribution in [0.4, 0.5) is 5.69 Å². The van der Waals surface area contributed by atoms with E-state index in [1.54, 1.807) is 7.05 Å². The molecule has 0 spiro atoms. The molecule has 174 valence electrons. The summed E-state index contributed by atoms with van der Waals surface area (Å²) in [5, 5.41) is 9.65. The predicted molar refractivity (Wildman–Crippen MR) is 143 cm³/mol. The number of hydrogen-bond donors (Lipinski definition) is 3. The topological polar surface area (TPSA) is 68.8 Å². The Morgan fingerprint density at radius 3 is 2.28 bits per heavy atom. The van der Waals surface area contributed by atoms with Gasteiger partial charge >= 0.3 is 0 Å². The molecule has 0 unspecified atom stereocenters. The Morgan fingerprint density at radius 2 is 1.62 bits per heavy atom. The van der Waals surface area contributed by atoms with Gasteiger partial charge in [-0.25, -0.2) is 0 Å². The van der Waals surface area contributed by atoms with Gasteiger partial charge in [-0.1, -0.05) is 43.3 Å². The van der Waals surface area contributed by atoms with Crippen LogP contribution in [0.25, 0.3) is 0 Å². The highest BCUT2D eigenvalue weighted by Gasteiger charge is 2.11. The second-order valence-electron chi connectivity index (χ2n) is 8.08. The van der Waals surface area contributed by atoms with Crippen LogP contribution in [0.2, 0.25) is 0 Å². The molecule has 1 aliphatic heterocycles. The average molecular weight is 550 g/mol. The molecule has 1 amide bonds. The Hall–Kier alpha value is -2.13. The number of halogens is 1. The van der Waals surface area contributed by atoms with Crippen LogP contribution in [0.3, 0.4) is 0 Å². The van der Waals surface area contributed by atoms with Crippen molar-refractivity contribution in [1.29, 1.82) is 0 Å². The van der Waals surface area contributed by atoms with E-state index in [0.29, 0.717) is 13.0 Å². The molecular formula is C25H36IN5O. The van der Waals surface area contributed by atoms with Crippen LogP contribution in [0.5, 0.6) is 0 Å². The van der Waals surface area contributed by atoms with Crippen molar-refractivity contribution in [1.82, 2.24) is 15.5 Å². The lowest BCUT2D eigenvalue weighted by Gasteiger charge is -2.15.